The van der Waals surface area contributed by atoms with Gasteiger partial charge in [0.15, 0.2) is 0 Å². The van der Waals surface area contributed by atoms with Gasteiger partial charge in [-0.2, -0.15) is 0 Å². The summed E-state index contributed by atoms with van der Waals surface area (Å²) in [6.07, 6.45) is 3.15. The van der Waals surface area contributed by atoms with Crippen LogP contribution in [0, 0.1) is 5.41 Å². The molecule has 0 bridgehead atoms. The number of halogens is 1. The van der Waals surface area contributed by atoms with Crippen LogP contribution in [-0.4, -0.2) is 10.3 Å². The van der Waals surface area contributed by atoms with Gasteiger partial charge >= 0.3 is 0 Å². The van der Waals surface area contributed by atoms with Crippen LogP contribution in [0.5, 0.6) is 0 Å². The molecular weight excluding hydrogens is 258 g/mol. The van der Waals surface area contributed by atoms with Crippen LogP contribution in [0.4, 0.5) is 0 Å². The van der Waals surface area contributed by atoms with Crippen LogP contribution in [0.1, 0.15) is 43.5 Å². The molecule has 0 unspecified atom stereocenters. The predicted molar refractivity (Wildman–Crippen MR) is 67.5 cm³/mol. The van der Waals surface area contributed by atoms with Crippen LogP contribution >= 0.6 is 27.3 Å². The number of thiazole rings is 1. The zero-order valence-electron chi connectivity index (χ0n) is 9.30. The Hall–Kier alpha value is 0.110. The fourth-order valence-corrected chi connectivity index (χ4v) is 2.57. The zero-order chi connectivity index (χ0) is 10.8. The molecule has 1 heterocycles. The SMILES string of the molecule is CC(C)c1ncc(CC(C)(C)CBr)s1. The van der Waals surface area contributed by atoms with Gasteiger partial charge in [0.2, 0.25) is 0 Å². The second-order valence-electron chi connectivity index (χ2n) is 4.79. The highest BCUT2D eigenvalue weighted by Gasteiger charge is 2.18. The summed E-state index contributed by atoms with van der Waals surface area (Å²) in [6.45, 7) is 8.93. The number of hydrogen-bond acceptors (Lipinski definition) is 2. The predicted octanol–water partition coefficient (Wildman–Crippen LogP) is 4.23. The molecule has 1 aromatic rings. The first-order valence-corrected chi connectivity index (χ1v) is 6.89. The first kappa shape index (κ1) is 12.2. The monoisotopic (exact) mass is 275 g/mol. The lowest BCUT2D eigenvalue weighted by atomic mass is 9.92. The van der Waals surface area contributed by atoms with E-state index in [9.17, 15) is 0 Å². The molecule has 0 spiro atoms. The molecule has 3 heteroatoms. The lowest BCUT2D eigenvalue weighted by molar-refractivity contribution is 0.428. The van der Waals surface area contributed by atoms with Crippen molar-refractivity contribution in [2.45, 2.75) is 40.0 Å². The fourth-order valence-electron chi connectivity index (χ4n) is 1.19. The maximum atomic E-state index is 4.44. The van der Waals surface area contributed by atoms with Crippen LogP contribution in [0.15, 0.2) is 6.20 Å². The molecule has 80 valence electrons. The first-order valence-electron chi connectivity index (χ1n) is 4.95. The summed E-state index contributed by atoms with van der Waals surface area (Å²) in [5.74, 6) is 0.556. The number of alkyl halides is 1. The Morgan fingerprint density at radius 1 is 1.50 bits per heavy atom. The molecule has 0 aliphatic carbocycles. The largest absolute Gasteiger partial charge is 0.249 e. The van der Waals surface area contributed by atoms with Crippen LogP contribution in [-0.2, 0) is 6.42 Å². The summed E-state index contributed by atoms with van der Waals surface area (Å²) in [6, 6.07) is 0. The third kappa shape index (κ3) is 3.35. The van der Waals surface area contributed by atoms with Gasteiger partial charge in [0.25, 0.3) is 0 Å². The van der Waals surface area contributed by atoms with E-state index in [1.807, 2.05) is 17.5 Å². The maximum Gasteiger partial charge on any atom is 0.0953 e. The van der Waals surface area contributed by atoms with Gasteiger partial charge < -0.3 is 0 Å². The topological polar surface area (TPSA) is 12.9 Å². The van der Waals surface area contributed by atoms with E-state index in [1.54, 1.807) is 0 Å². The van der Waals surface area contributed by atoms with Gasteiger partial charge in [-0.25, -0.2) is 4.98 Å². The molecular formula is C11H18BrNS. The van der Waals surface area contributed by atoms with Crippen molar-refractivity contribution in [3.63, 3.8) is 0 Å². The van der Waals surface area contributed by atoms with Crippen molar-refractivity contribution in [1.29, 1.82) is 0 Å². The van der Waals surface area contributed by atoms with Gasteiger partial charge in [0.1, 0.15) is 0 Å². The minimum absolute atomic E-state index is 0.334. The van der Waals surface area contributed by atoms with E-state index in [2.05, 4.69) is 48.6 Å². The van der Waals surface area contributed by atoms with Crippen LogP contribution < -0.4 is 0 Å². The highest BCUT2D eigenvalue weighted by atomic mass is 79.9. The summed E-state index contributed by atoms with van der Waals surface area (Å²) in [5, 5.41) is 2.29. The molecule has 0 radical (unpaired) electrons. The molecule has 14 heavy (non-hydrogen) atoms. The Balaban J connectivity index is 2.69. The molecule has 0 saturated heterocycles. The lowest BCUT2D eigenvalue weighted by Crippen LogP contribution is -2.15. The van der Waals surface area contributed by atoms with E-state index < -0.39 is 0 Å². The molecule has 0 N–H and O–H groups in total. The van der Waals surface area contributed by atoms with Gasteiger partial charge in [0.05, 0.1) is 5.01 Å². The van der Waals surface area contributed by atoms with E-state index in [4.69, 9.17) is 0 Å². The molecule has 1 rings (SSSR count). The van der Waals surface area contributed by atoms with Crippen molar-refractivity contribution in [3.05, 3.63) is 16.1 Å². The first-order chi connectivity index (χ1) is 6.44. The molecule has 0 aromatic carbocycles. The molecule has 0 saturated carbocycles. The summed E-state index contributed by atoms with van der Waals surface area (Å²) >= 11 is 5.40. The molecule has 0 amide bonds. The van der Waals surface area contributed by atoms with Gasteiger partial charge in [0, 0.05) is 22.3 Å². The summed E-state index contributed by atoms with van der Waals surface area (Å²) < 4.78 is 0. The Labute approximate surface area is 99.1 Å². The average molecular weight is 276 g/mol. The van der Waals surface area contributed by atoms with Gasteiger partial charge in [-0.3, -0.25) is 0 Å². The number of aromatic nitrogens is 1. The summed E-state index contributed by atoms with van der Waals surface area (Å²) in [4.78, 5) is 5.84. The molecule has 1 nitrogen and oxygen atoms in total. The Bertz CT molecular complexity index is 291. The highest BCUT2D eigenvalue weighted by Crippen LogP contribution is 2.29. The number of nitrogens with zero attached hydrogens (tertiary/aromatic N) is 1. The smallest absolute Gasteiger partial charge is 0.0953 e. The molecule has 0 aliphatic rings. The minimum atomic E-state index is 0.334. The normalized spacial score (nSPS) is 12.4. The van der Waals surface area contributed by atoms with E-state index in [0.29, 0.717) is 11.3 Å². The Kier molecular flexibility index (Phi) is 4.14. The minimum Gasteiger partial charge on any atom is -0.249 e. The number of hydrogen-bond donors (Lipinski definition) is 0. The van der Waals surface area contributed by atoms with E-state index in [1.165, 1.54) is 9.88 Å². The zero-order valence-corrected chi connectivity index (χ0v) is 11.7. The molecule has 0 atom stereocenters. The Morgan fingerprint density at radius 3 is 2.57 bits per heavy atom. The van der Waals surface area contributed by atoms with Crippen LogP contribution in [0.2, 0.25) is 0 Å². The summed E-state index contributed by atoms with van der Waals surface area (Å²) in [5.41, 5.74) is 0.334. The second-order valence-corrected chi connectivity index (χ2v) is 6.50. The standard InChI is InChI=1S/C11H18BrNS/c1-8(2)10-13-6-9(14-10)5-11(3,4)7-12/h6,8H,5,7H2,1-4H3. The molecule has 0 fully saturated rings. The maximum absolute atomic E-state index is 4.44. The van der Waals surface area contributed by atoms with Crippen molar-refractivity contribution >= 4 is 27.3 Å². The van der Waals surface area contributed by atoms with Gasteiger partial charge in [-0.15, -0.1) is 11.3 Å². The van der Waals surface area contributed by atoms with Gasteiger partial charge in [-0.1, -0.05) is 43.6 Å². The van der Waals surface area contributed by atoms with Crippen molar-refractivity contribution in [2.75, 3.05) is 5.33 Å². The van der Waals surface area contributed by atoms with E-state index >= 15 is 0 Å². The lowest BCUT2D eigenvalue weighted by Gasteiger charge is -2.19. The van der Waals surface area contributed by atoms with Crippen molar-refractivity contribution in [2.24, 2.45) is 5.41 Å². The van der Waals surface area contributed by atoms with Crippen molar-refractivity contribution in [3.8, 4) is 0 Å². The fraction of sp³-hybridized carbons (Fsp3) is 0.727. The summed E-state index contributed by atoms with van der Waals surface area (Å²) in [7, 11) is 0. The Morgan fingerprint density at radius 2 is 2.14 bits per heavy atom. The van der Waals surface area contributed by atoms with E-state index in [-0.39, 0.29) is 0 Å². The van der Waals surface area contributed by atoms with Gasteiger partial charge in [-0.05, 0) is 11.8 Å². The third-order valence-electron chi connectivity index (χ3n) is 2.08. The quantitative estimate of drug-likeness (QED) is 0.750. The van der Waals surface area contributed by atoms with Crippen LogP contribution in [0.25, 0.3) is 0 Å². The second kappa shape index (κ2) is 4.75. The van der Waals surface area contributed by atoms with E-state index in [0.717, 1.165) is 11.8 Å². The molecule has 1 aromatic heterocycles. The number of rotatable bonds is 4. The van der Waals surface area contributed by atoms with Crippen molar-refractivity contribution < 1.29 is 0 Å². The average Bonchev–Trinajstić information content (AvgIpc) is 2.52. The van der Waals surface area contributed by atoms with Crippen molar-refractivity contribution in [1.82, 2.24) is 4.98 Å². The highest BCUT2D eigenvalue weighted by molar-refractivity contribution is 9.09. The third-order valence-corrected chi connectivity index (χ3v) is 4.90. The molecule has 0 aliphatic heterocycles. The van der Waals surface area contributed by atoms with Crippen LogP contribution in [0.3, 0.4) is 0 Å².